The van der Waals surface area contributed by atoms with Crippen molar-refractivity contribution in [3.63, 3.8) is 0 Å². The molecule has 1 unspecified atom stereocenters. The van der Waals surface area contributed by atoms with E-state index in [2.05, 4.69) is 9.97 Å². The van der Waals surface area contributed by atoms with Crippen LogP contribution in [0.2, 0.25) is 0 Å². The highest BCUT2D eigenvalue weighted by molar-refractivity contribution is 7.11. The summed E-state index contributed by atoms with van der Waals surface area (Å²) in [6, 6.07) is 4.57. The first kappa shape index (κ1) is 13.0. The molecular weight excluding hydrogens is 263 g/mol. The van der Waals surface area contributed by atoms with Crippen molar-refractivity contribution in [2.24, 2.45) is 5.73 Å². The van der Waals surface area contributed by atoms with Gasteiger partial charge < -0.3 is 5.73 Å². The summed E-state index contributed by atoms with van der Waals surface area (Å²) in [7, 11) is 0. The minimum atomic E-state index is -4.43. The van der Waals surface area contributed by atoms with Crippen LogP contribution in [0.5, 0.6) is 0 Å². The lowest BCUT2D eigenvalue weighted by atomic mass is 10.1. The van der Waals surface area contributed by atoms with E-state index in [4.69, 9.17) is 5.73 Å². The summed E-state index contributed by atoms with van der Waals surface area (Å²) in [6.07, 6.45) is -3.27. The molecule has 0 aliphatic rings. The van der Waals surface area contributed by atoms with Crippen LogP contribution in [0.3, 0.4) is 0 Å². The Morgan fingerprint density at radius 2 is 2.06 bits per heavy atom. The number of rotatable bonds is 2. The molecule has 1 atom stereocenters. The van der Waals surface area contributed by atoms with Crippen molar-refractivity contribution >= 4 is 11.3 Å². The molecule has 0 aromatic carbocycles. The molecule has 0 spiro atoms. The van der Waals surface area contributed by atoms with Gasteiger partial charge in [0.2, 0.25) is 0 Å². The Labute approximate surface area is 105 Å². The Balaban J connectivity index is 2.29. The van der Waals surface area contributed by atoms with E-state index in [-0.39, 0.29) is 0 Å². The minimum Gasteiger partial charge on any atom is -0.318 e. The number of hydrogen-bond acceptors (Lipinski definition) is 4. The fourth-order valence-corrected chi connectivity index (χ4v) is 2.24. The summed E-state index contributed by atoms with van der Waals surface area (Å²) in [5, 5.41) is -0.888. The van der Waals surface area contributed by atoms with Gasteiger partial charge in [0.05, 0.1) is 11.7 Å². The van der Waals surface area contributed by atoms with Crippen molar-refractivity contribution in [3.05, 3.63) is 45.7 Å². The van der Waals surface area contributed by atoms with Crippen LogP contribution in [-0.4, -0.2) is 9.97 Å². The molecule has 3 nitrogen and oxygen atoms in total. The Morgan fingerprint density at radius 1 is 1.33 bits per heavy atom. The van der Waals surface area contributed by atoms with E-state index >= 15 is 0 Å². The topological polar surface area (TPSA) is 51.8 Å². The van der Waals surface area contributed by atoms with Gasteiger partial charge >= 0.3 is 6.18 Å². The smallest absolute Gasteiger partial charge is 0.318 e. The van der Waals surface area contributed by atoms with E-state index in [0.717, 1.165) is 11.9 Å². The van der Waals surface area contributed by atoms with Gasteiger partial charge in [-0.05, 0) is 19.1 Å². The second kappa shape index (κ2) is 4.66. The van der Waals surface area contributed by atoms with Crippen molar-refractivity contribution in [1.29, 1.82) is 0 Å². The Morgan fingerprint density at radius 3 is 2.61 bits per heavy atom. The van der Waals surface area contributed by atoms with E-state index in [1.807, 2.05) is 0 Å². The van der Waals surface area contributed by atoms with Crippen molar-refractivity contribution < 1.29 is 13.2 Å². The molecule has 2 heterocycles. The number of pyridine rings is 1. The molecule has 2 aromatic heterocycles. The molecule has 0 saturated heterocycles. The van der Waals surface area contributed by atoms with Crippen LogP contribution in [0.1, 0.15) is 27.3 Å². The zero-order valence-electron chi connectivity index (χ0n) is 9.40. The molecule has 96 valence electrons. The molecule has 7 heteroatoms. The van der Waals surface area contributed by atoms with Gasteiger partial charge in [-0.1, -0.05) is 6.07 Å². The van der Waals surface area contributed by atoms with Crippen LogP contribution in [0.4, 0.5) is 13.2 Å². The van der Waals surface area contributed by atoms with Crippen molar-refractivity contribution in [2.75, 3.05) is 0 Å². The third-order valence-corrected chi connectivity index (χ3v) is 3.43. The van der Waals surface area contributed by atoms with Crippen LogP contribution in [0.15, 0.2) is 24.4 Å². The quantitative estimate of drug-likeness (QED) is 0.915. The van der Waals surface area contributed by atoms with Gasteiger partial charge in [0.25, 0.3) is 0 Å². The van der Waals surface area contributed by atoms with Crippen LogP contribution in [0.25, 0.3) is 0 Å². The fraction of sp³-hybridized carbons (Fsp3) is 0.273. The monoisotopic (exact) mass is 273 g/mol. The maximum atomic E-state index is 12.4. The number of aromatic nitrogens is 2. The van der Waals surface area contributed by atoms with E-state index in [1.165, 1.54) is 0 Å². The molecule has 0 aliphatic carbocycles. The largest absolute Gasteiger partial charge is 0.443 e. The van der Waals surface area contributed by atoms with Gasteiger partial charge in [-0.3, -0.25) is 4.98 Å². The van der Waals surface area contributed by atoms with Crippen molar-refractivity contribution in [2.45, 2.75) is 19.1 Å². The minimum absolute atomic E-state index is 0.348. The second-order valence-corrected chi connectivity index (χ2v) is 4.81. The van der Waals surface area contributed by atoms with E-state index < -0.39 is 17.2 Å². The number of aryl methyl sites for hydroxylation is 1. The molecule has 0 bridgehead atoms. The summed E-state index contributed by atoms with van der Waals surface area (Å²) in [4.78, 5) is 7.88. The van der Waals surface area contributed by atoms with Gasteiger partial charge in [0.15, 0.2) is 5.01 Å². The normalized spacial score (nSPS) is 13.6. The fourth-order valence-electron chi connectivity index (χ4n) is 1.44. The summed E-state index contributed by atoms with van der Waals surface area (Å²) in [5.41, 5.74) is 7.18. The molecule has 0 amide bonds. The Kier molecular flexibility index (Phi) is 3.36. The van der Waals surface area contributed by atoms with E-state index in [1.54, 1.807) is 25.1 Å². The molecule has 2 rings (SSSR count). The van der Waals surface area contributed by atoms with Crippen molar-refractivity contribution in [3.8, 4) is 0 Å². The third kappa shape index (κ3) is 2.68. The highest BCUT2D eigenvalue weighted by Crippen LogP contribution is 2.34. The number of nitrogens with two attached hydrogens (primary N) is 1. The molecule has 0 radical (unpaired) electrons. The number of nitrogens with zero attached hydrogens (tertiary/aromatic N) is 2. The van der Waals surface area contributed by atoms with E-state index in [0.29, 0.717) is 21.9 Å². The van der Waals surface area contributed by atoms with Gasteiger partial charge in [0, 0.05) is 16.8 Å². The van der Waals surface area contributed by atoms with Gasteiger partial charge in [-0.2, -0.15) is 13.2 Å². The average molecular weight is 273 g/mol. The number of thiazole rings is 1. The number of halogens is 3. The van der Waals surface area contributed by atoms with Gasteiger partial charge in [-0.15, -0.1) is 11.3 Å². The van der Waals surface area contributed by atoms with Crippen molar-refractivity contribution in [1.82, 2.24) is 9.97 Å². The van der Waals surface area contributed by atoms with Crippen LogP contribution < -0.4 is 5.73 Å². The third-order valence-electron chi connectivity index (χ3n) is 2.30. The van der Waals surface area contributed by atoms with Gasteiger partial charge in [-0.25, -0.2) is 4.98 Å². The highest BCUT2D eigenvalue weighted by atomic mass is 32.1. The summed E-state index contributed by atoms with van der Waals surface area (Å²) in [5.74, 6) is 0. The predicted molar refractivity (Wildman–Crippen MR) is 62.1 cm³/mol. The lowest BCUT2D eigenvalue weighted by molar-refractivity contribution is -0.137. The molecule has 0 fully saturated rings. The lowest BCUT2D eigenvalue weighted by Gasteiger charge is -2.08. The standard InChI is InChI=1S/C11H10F3N3S/c1-6-3-2-4-7(17-6)9(15)8-5-16-10(18-8)11(12,13)14/h2-5,9H,15H2,1H3. The molecule has 2 aromatic rings. The first-order valence-electron chi connectivity index (χ1n) is 5.10. The maximum absolute atomic E-state index is 12.4. The zero-order chi connectivity index (χ0) is 13.3. The lowest BCUT2D eigenvalue weighted by Crippen LogP contribution is -2.12. The highest BCUT2D eigenvalue weighted by Gasteiger charge is 2.35. The molecule has 0 saturated carbocycles. The second-order valence-electron chi connectivity index (χ2n) is 3.75. The average Bonchev–Trinajstić information content (AvgIpc) is 2.77. The van der Waals surface area contributed by atoms with E-state index in [9.17, 15) is 13.2 Å². The molecular formula is C11H10F3N3S. The molecule has 18 heavy (non-hydrogen) atoms. The first-order chi connectivity index (χ1) is 8.38. The SMILES string of the molecule is Cc1cccc(C(N)c2cnc(C(F)(F)F)s2)n1. The molecule has 0 aliphatic heterocycles. The van der Waals surface area contributed by atoms with Crippen LogP contribution in [-0.2, 0) is 6.18 Å². The molecule has 2 N–H and O–H groups in total. The first-order valence-corrected chi connectivity index (χ1v) is 5.91. The number of hydrogen-bond donors (Lipinski definition) is 1. The Hall–Kier alpha value is -1.47. The zero-order valence-corrected chi connectivity index (χ0v) is 10.2. The Bertz CT molecular complexity index is 550. The summed E-state index contributed by atoms with van der Waals surface area (Å²) in [6.45, 7) is 1.80. The van der Waals surface area contributed by atoms with Crippen LogP contribution >= 0.6 is 11.3 Å². The number of alkyl halides is 3. The maximum Gasteiger partial charge on any atom is 0.443 e. The van der Waals surface area contributed by atoms with Crippen LogP contribution in [0, 0.1) is 6.92 Å². The summed E-state index contributed by atoms with van der Waals surface area (Å²) >= 11 is 0.548. The summed E-state index contributed by atoms with van der Waals surface area (Å²) < 4.78 is 37.3. The van der Waals surface area contributed by atoms with Gasteiger partial charge in [0.1, 0.15) is 0 Å². The predicted octanol–water partition coefficient (Wildman–Crippen LogP) is 2.91.